The van der Waals surface area contributed by atoms with Gasteiger partial charge in [0.2, 0.25) is 5.88 Å². The molecule has 0 spiro atoms. The average molecular weight is 518 g/mol. The van der Waals surface area contributed by atoms with Gasteiger partial charge in [0.05, 0.1) is 6.54 Å². The van der Waals surface area contributed by atoms with E-state index in [-0.39, 0.29) is 30.6 Å². The molecule has 1 aliphatic carbocycles. The van der Waals surface area contributed by atoms with Crippen LogP contribution in [-0.2, 0) is 6.54 Å². The molecule has 0 saturated heterocycles. The van der Waals surface area contributed by atoms with Crippen molar-refractivity contribution in [3.63, 3.8) is 0 Å². The molecule has 1 saturated carbocycles. The first kappa shape index (κ1) is 25.9. The Bertz CT molecular complexity index is 592. The number of aliphatic imine (C=N–C) groups is 1. The van der Waals surface area contributed by atoms with Crippen LogP contribution in [0.1, 0.15) is 64.9 Å². The summed E-state index contributed by atoms with van der Waals surface area (Å²) in [5.41, 5.74) is 1.01. The normalized spacial score (nSPS) is 15.8. The Hall–Kier alpha value is -1.09. The molecule has 2 rings (SSSR count). The fraction of sp³-hybridized carbons (Fsp3) is 0.727. The van der Waals surface area contributed by atoms with E-state index in [9.17, 15) is 5.11 Å². The number of aromatic nitrogens is 1. The molecule has 0 bridgehead atoms. The van der Waals surface area contributed by atoms with E-state index in [1.54, 1.807) is 6.20 Å². The van der Waals surface area contributed by atoms with Crippen molar-refractivity contribution in [3.05, 3.63) is 23.9 Å². The summed E-state index contributed by atoms with van der Waals surface area (Å²) >= 11 is 0. The van der Waals surface area contributed by atoms with Crippen LogP contribution in [0.4, 0.5) is 0 Å². The summed E-state index contributed by atoms with van der Waals surface area (Å²) in [6, 6.07) is 3.98. The maximum atomic E-state index is 9.32. The number of aliphatic hydroxyl groups is 1. The lowest BCUT2D eigenvalue weighted by atomic mass is 9.94. The van der Waals surface area contributed by atoms with Gasteiger partial charge in [0.15, 0.2) is 5.96 Å². The van der Waals surface area contributed by atoms with Crippen molar-refractivity contribution in [1.82, 2.24) is 15.6 Å². The Morgan fingerprint density at radius 3 is 2.72 bits per heavy atom. The fourth-order valence-electron chi connectivity index (χ4n) is 3.71. The minimum absolute atomic E-state index is 0. The summed E-state index contributed by atoms with van der Waals surface area (Å²) in [5, 5.41) is 16.1. The van der Waals surface area contributed by atoms with Gasteiger partial charge in [-0.05, 0) is 63.4 Å². The Balaban J connectivity index is 0.00000420. The number of guanidine groups is 1. The topological polar surface area (TPSA) is 78.8 Å². The molecule has 7 heteroatoms. The molecule has 6 nitrogen and oxygen atoms in total. The van der Waals surface area contributed by atoms with Crippen LogP contribution in [0.15, 0.2) is 23.3 Å². The molecule has 166 valence electrons. The minimum Gasteiger partial charge on any atom is -0.474 e. The molecule has 1 aliphatic rings. The number of rotatable bonds is 11. The molecule has 1 aromatic heterocycles. The number of aliphatic hydroxyl groups excluding tert-OH is 1. The van der Waals surface area contributed by atoms with Crippen LogP contribution in [-0.4, -0.2) is 41.9 Å². The first-order chi connectivity index (χ1) is 13.6. The van der Waals surface area contributed by atoms with Gasteiger partial charge < -0.3 is 20.5 Å². The highest BCUT2D eigenvalue weighted by Crippen LogP contribution is 2.25. The van der Waals surface area contributed by atoms with Crippen molar-refractivity contribution >= 4 is 29.9 Å². The van der Waals surface area contributed by atoms with Crippen LogP contribution >= 0.6 is 24.0 Å². The molecule has 1 heterocycles. The van der Waals surface area contributed by atoms with Gasteiger partial charge in [0.25, 0.3) is 0 Å². The molecule has 1 aromatic rings. The van der Waals surface area contributed by atoms with E-state index in [2.05, 4.69) is 36.4 Å². The number of hydrogen-bond acceptors (Lipinski definition) is 4. The molecular formula is C22H39IN4O2. The molecule has 0 radical (unpaired) electrons. The monoisotopic (exact) mass is 518 g/mol. The van der Waals surface area contributed by atoms with Crippen molar-refractivity contribution in [3.8, 4) is 5.88 Å². The van der Waals surface area contributed by atoms with Crippen molar-refractivity contribution in [1.29, 1.82) is 0 Å². The van der Waals surface area contributed by atoms with Crippen molar-refractivity contribution in [2.24, 2.45) is 16.8 Å². The van der Waals surface area contributed by atoms with Gasteiger partial charge >= 0.3 is 0 Å². The molecule has 0 aliphatic heterocycles. The van der Waals surface area contributed by atoms with Gasteiger partial charge in [-0.15, -0.1) is 24.0 Å². The number of ether oxygens (including phenoxy) is 1. The van der Waals surface area contributed by atoms with Crippen LogP contribution < -0.4 is 15.4 Å². The predicted octanol–water partition coefficient (Wildman–Crippen LogP) is 4.12. The third-order valence-corrected chi connectivity index (χ3v) is 5.08. The van der Waals surface area contributed by atoms with Gasteiger partial charge in [-0.2, -0.15) is 0 Å². The Morgan fingerprint density at radius 1 is 1.31 bits per heavy atom. The first-order valence-corrected chi connectivity index (χ1v) is 10.9. The Morgan fingerprint density at radius 2 is 2.07 bits per heavy atom. The predicted molar refractivity (Wildman–Crippen MR) is 130 cm³/mol. The van der Waals surface area contributed by atoms with Crippen LogP contribution in [0.2, 0.25) is 0 Å². The summed E-state index contributed by atoms with van der Waals surface area (Å²) in [6.45, 7) is 8.87. The number of halogens is 1. The average Bonchev–Trinajstić information content (AvgIpc) is 3.18. The Kier molecular flexibility index (Phi) is 13.3. The molecule has 3 N–H and O–H groups in total. The lowest BCUT2D eigenvalue weighted by Gasteiger charge is -2.20. The van der Waals surface area contributed by atoms with Gasteiger partial charge in [0.1, 0.15) is 6.10 Å². The van der Waals surface area contributed by atoms with Crippen LogP contribution in [0.5, 0.6) is 5.88 Å². The van der Waals surface area contributed by atoms with Gasteiger partial charge in [0, 0.05) is 31.5 Å². The molecule has 1 atom stereocenters. The van der Waals surface area contributed by atoms with Crippen LogP contribution in [0.3, 0.4) is 0 Å². The summed E-state index contributed by atoms with van der Waals surface area (Å²) in [6.07, 6.45) is 8.69. The fourth-order valence-corrected chi connectivity index (χ4v) is 3.71. The zero-order valence-electron chi connectivity index (χ0n) is 18.2. The zero-order valence-corrected chi connectivity index (χ0v) is 20.5. The Labute approximate surface area is 193 Å². The molecule has 1 unspecified atom stereocenters. The minimum atomic E-state index is 0. The van der Waals surface area contributed by atoms with E-state index in [1.165, 1.54) is 12.8 Å². The van der Waals surface area contributed by atoms with E-state index in [0.29, 0.717) is 30.4 Å². The quantitative estimate of drug-likeness (QED) is 0.233. The van der Waals surface area contributed by atoms with Crippen LogP contribution in [0, 0.1) is 11.8 Å². The number of hydrogen-bond donors (Lipinski definition) is 3. The van der Waals surface area contributed by atoms with E-state index in [1.807, 2.05) is 12.1 Å². The van der Waals surface area contributed by atoms with Crippen molar-refractivity contribution < 1.29 is 9.84 Å². The standard InChI is InChI=1S/C22H38N4O2.HI/c1-4-23-22(25-15-18(11-13-27)14-17(2)3)26-16-19-8-7-12-24-21(19)28-20-9-5-6-10-20;/h7-8,12,17-18,20,27H,4-6,9-11,13-16H2,1-3H3,(H2,23,25,26);1H. The highest BCUT2D eigenvalue weighted by molar-refractivity contribution is 14.0. The highest BCUT2D eigenvalue weighted by Gasteiger charge is 2.18. The smallest absolute Gasteiger partial charge is 0.218 e. The van der Waals surface area contributed by atoms with E-state index >= 15 is 0 Å². The second kappa shape index (κ2) is 14.8. The largest absolute Gasteiger partial charge is 0.474 e. The zero-order chi connectivity index (χ0) is 20.2. The third-order valence-electron chi connectivity index (χ3n) is 5.08. The van der Waals surface area contributed by atoms with E-state index < -0.39 is 0 Å². The summed E-state index contributed by atoms with van der Waals surface area (Å²) < 4.78 is 6.12. The second-order valence-corrected chi connectivity index (χ2v) is 8.08. The molecule has 29 heavy (non-hydrogen) atoms. The lowest BCUT2D eigenvalue weighted by Crippen LogP contribution is -2.40. The summed E-state index contributed by atoms with van der Waals surface area (Å²) in [5.74, 6) is 2.56. The van der Waals surface area contributed by atoms with Gasteiger partial charge in [-0.3, -0.25) is 0 Å². The SMILES string of the molecule is CCNC(=NCc1cccnc1OC1CCCC1)NCC(CCO)CC(C)C.I. The number of nitrogens with zero attached hydrogens (tertiary/aromatic N) is 2. The highest BCUT2D eigenvalue weighted by atomic mass is 127. The lowest BCUT2D eigenvalue weighted by molar-refractivity contribution is 0.199. The van der Waals surface area contributed by atoms with Crippen molar-refractivity contribution in [2.75, 3.05) is 19.7 Å². The third kappa shape index (κ3) is 9.98. The number of nitrogens with one attached hydrogen (secondary N) is 2. The molecule has 1 fully saturated rings. The van der Waals surface area contributed by atoms with E-state index in [0.717, 1.165) is 50.3 Å². The molecule has 0 aromatic carbocycles. The molecule has 0 amide bonds. The van der Waals surface area contributed by atoms with E-state index in [4.69, 9.17) is 9.73 Å². The molecular weight excluding hydrogens is 479 g/mol. The maximum absolute atomic E-state index is 9.32. The van der Waals surface area contributed by atoms with Gasteiger partial charge in [-0.1, -0.05) is 19.9 Å². The first-order valence-electron chi connectivity index (χ1n) is 10.9. The maximum Gasteiger partial charge on any atom is 0.218 e. The van der Waals surface area contributed by atoms with Crippen molar-refractivity contribution in [2.45, 2.75) is 71.9 Å². The summed E-state index contributed by atoms with van der Waals surface area (Å²) in [4.78, 5) is 9.18. The van der Waals surface area contributed by atoms with Crippen LogP contribution in [0.25, 0.3) is 0 Å². The van der Waals surface area contributed by atoms with Gasteiger partial charge in [-0.25, -0.2) is 9.98 Å². The number of pyridine rings is 1. The second-order valence-electron chi connectivity index (χ2n) is 8.08. The summed E-state index contributed by atoms with van der Waals surface area (Å²) in [7, 11) is 0.